The van der Waals surface area contributed by atoms with Crippen LogP contribution in [0.4, 0.5) is 4.79 Å². The lowest BCUT2D eigenvalue weighted by molar-refractivity contribution is 0.256. The maximum atomic E-state index is 9.00. The first kappa shape index (κ1) is 15.9. The van der Waals surface area contributed by atoms with Crippen molar-refractivity contribution >= 4 is 6.03 Å². The van der Waals surface area contributed by atoms with Crippen molar-refractivity contribution in [2.24, 2.45) is 11.5 Å². The maximum Gasteiger partial charge on any atom is 0.309 e. The number of carbonyl (C=O) groups is 1. The standard InChI is InChI=1S/2C2H4.CH4N2O/c2*1-2;2-1(3)4/h2*1-2H2;(H4,2,3,4). The van der Waals surface area contributed by atoms with E-state index in [0.29, 0.717) is 0 Å². The highest BCUT2D eigenvalue weighted by Gasteiger charge is 1.60. The van der Waals surface area contributed by atoms with Gasteiger partial charge in [-0.3, -0.25) is 0 Å². The number of urea groups is 1. The Morgan fingerprint density at radius 1 is 1.00 bits per heavy atom. The van der Waals surface area contributed by atoms with Crippen LogP contribution in [0.1, 0.15) is 0 Å². The molecule has 0 aromatic rings. The topological polar surface area (TPSA) is 69.1 Å². The number of hydrogen-bond donors (Lipinski definition) is 2. The molecule has 0 heterocycles. The Bertz CT molecular complexity index is 48.4. The number of primary amides is 2. The fraction of sp³-hybridized carbons (Fsp3) is 0. The molecule has 0 rings (SSSR count). The van der Waals surface area contributed by atoms with Gasteiger partial charge in [-0.2, -0.15) is 0 Å². The monoisotopic (exact) mass is 116 g/mol. The molecular weight excluding hydrogens is 104 g/mol. The van der Waals surface area contributed by atoms with Crippen LogP contribution in [0.15, 0.2) is 26.3 Å². The lowest BCUT2D eigenvalue weighted by atomic mass is 11.2. The molecule has 3 nitrogen and oxygen atoms in total. The van der Waals surface area contributed by atoms with E-state index in [9.17, 15) is 0 Å². The van der Waals surface area contributed by atoms with E-state index < -0.39 is 6.03 Å². The molecule has 0 aliphatic carbocycles. The zero-order valence-electron chi connectivity index (χ0n) is 4.89. The van der Waals surface area contributed by atoms with E-state index in [2.05, 4.69) is 37.8 Å². The third-order valence-electron chi connectivity index (χ3n) is 0. The molecule has 4 N–H and O–H groups in total. The van der Waals surface area contributed by atoms with Crippen LogP contribution < -0.4 is 11.5 Å². The molecule has 0 radical (unpaired) electrons. The van der Waals surface area contributed by atoms with E-state index in [1.165, 1.54) is 0 Å². The van der Waals surface area contributed by atoms with Gasteiger partial charge in [0.1, 0.15) is 0 Å². The molecule has 0 atom stereocenters. The van der Waals surface area contributed by atoms with Crippen LogP contribution in [-0.4, -0.2) is 6.03 Å². The average molecular weight is 116 g/mol. The summed E-state index contributed by atoms with van der Waals surface area (Å²) in [6, 6.07) is -0.833. The quantitative estimate of drug-likeness (QED) is 0.448. The summed E-state index contributed by atoms with van der Waals surface area (Å²) < 4.78 is 0. The molecule has 48 valence electrons. The summed E-state index contributed by atoms with van der Waals surface area (Å²) in [5, 5.41) is 0. The molecule has 0 saturated carbocycles. The second kappa shape index (κ2) is 42.4. The van der Waals surface area contributed by atoms with Crippen molar-refractivity contribution in [2.45, 2.75) is 0 Å². The third-order valence-corrected chi connectivity index (χ3v) is 0. The Morgan fingerprint density at radius 3 is 1.00 bits per heavy atom. The van der Waals surface area contributed by atoms with Crippen molar-refractivity contribution < 1.29 is 4.79 Å². The second-order valence-electron chi connectivity index (χ2n) is 0.402. The summed E-state index contributed by atoms with van der Waals surface area (Å²) in [5.74, 6) is 0. The third kappa shape index (κ3) is 42.8. The normalized spacial score (nSPS) is 4.00. The molecule has 0 aromatic heterocycles. The Kier molecular flexibility index (Phi) is 84.0. The van der Waals surface area contributed by atoms with Gasteiger partial charge in [-0.05, 0) is 0 Å². The Labute approximate surface area is 49.7 Å². The molecule has 0 bridgehead atoms. The van der Waals surface area contributed by atoms with E-state index >= 15 is 0 Å². The van der Waals surface area contributed by atoms with Gasteiger partial charge in [0.05, 0.1) is 0 Å². The van der Waals surface area contributed by atoms with E-state index in [4.69, 9.17) is 4.79 Å². The first-order valence-electron chi connectivity index (χ1n) is 1.78. The van der Waals surface area contributed by atoms with Crippen molar-refractivity contribution in [2.75, 3.05) is 0 Å². The van der Waals surface area contributed by atoms with Crippen LogP contribution >= 0.6 is 0 Å². The van der Waals surface area contributed by atoms with E-state index in [0.717, 1.165) is 0 Å². The smallest absolute Gasteiger partial charge is 0.309 e. The van der Waals surface area contributed by atoms with Crippen LogP contribution in [0.25, 0.3) is 0 Å². The highest BCUT2D eigenvalue weighted by atomic mass is 16.2. The van der Waals surface area contributed by atoms with Crippen molar-refractivity contribution in [3.05, 3.63) is 26.3 Å². The van der Waals surface area contributed by atoms with Gasteiger partial charge in [0.25, 0.3) is 0 Å². The lowest BCUT2D eigenvalue weighted by Gasteiger charge is -1.62. The predicted octanol–water partition coefficient (Wildman–Crippen LogP) is 0.628. The summed E-state index contributed by atoms with van der Waals surface area (Å²) in [7, 11) is 0. The van der Waals surface area contributed by atoms with Gasteiger partial charge < -0.3 is 11.5 Å². The molecule has 0 unspecified atom stereocenters. The molecule has 0 aliphatic heterocycles. The first-order chi connectivity index (χ1) is 3.73. The minimum absolute atomic E-state index is 0.833. The first-order valence-corrected chi connectivity index (χ1v) is 1.78. The lowest BCUT2D eigenvalue weighted by Crippen LogP contribution is -2.18. The maximum absolute atomic E-state index is 9.00. The molecule has 2 amide bonds. The van der Waals surface area contributed by atoms with Gasteiger partial charge in [-0.15, -0.1) is 26.3 Å². The summed E-state index contributed by atoms with van der Waals surface area (Å²) in [6.45, 7) is 12.0. The van der Waals surface area contributed by atoms with Crippen LogP contribution in [0.2, 0.25) is 0 Å². The minimum Gasteiger partial charge on any atom is -0.352 e. The Balaban J connectivity index is -0.0000000542. The molecule has 0 fully saturated rings. The minimum atomic E-state index is -0.833. The summed E-state index contributed by atoms with van der Waals surface area (Å²) >= 11 is 0. The molecule has 3 heteroatoms. The Morgan fingerprint density at radius 2 is 1.00 bits per heavy atom. The fourth-order valence-corrected chi connectivity index (χ4v) is 0. The number of carbonyl (C=O) groups excluding carboxylic acids is 1. The van der Waals surface area contributed by atoms with Gasteiger partial charge in [0, 0.05) is 0 Å². The van der Waals surface area contributed by atoms with Gasteiger partial charge in [0.15, 0.2) is 0 Å². The molecule has 0 saturated heterocycles. The molecule has 0 aromatic carbocycles. The van der Waals surface area contributed by atoms with Crippen LogP contribution in [0, 0.1) is 0 Å². The Hall–Kier alpha value is -1.25. The van der Waals surface area contributed by atoms with Gasteiger partial charge in [0.2, 0.25) is 0 Å². The van der Waals surface area contributed by atoms with Crippen LogP contribution in [0.5, 0.6) is 0 Å². The zero-order chi connectivity index (χ0) is 7.58. The number of rotatable bonds is 0. The van der Waals surface area contributed by atoms with E-state index in [1.54, 1.807) is 0 Å². The number of amides is 2. The zero-order valence-corrected chi connectivity index (χ0v) is 4.89. The molecule has 0 aliphatic rings. The largest absolute Gasteiger partial charge is 0.352 e. The average Bonchev–Trinajstić information content (AvgIpc) is 1.75. The SMILES string of the molecule is C=C.C=C.NC(N)=O. The number of hydrogen-bond acceptors (Lipinski definition) is 1. The highest BCUT2D eigenvalue weighted by molar-refractivity contribution is 5.69. The molecule has 8 heavy (non-hydrogen) atoms. The fourth-order valence-electron chi connectivity index (χ4n) is 0. The van der Waals surface area contributed by atoms with E-state index in [-0.39, 0.29) is 0 Å². The summed E-state index contributed by atoms with van der Waals surface area (Å²) in [5.41, 5.74) is 8.50. The molecule has 0 spiro atoms. The highest BCUT2D eigenvalue weighted by Crippen LogP contribution is 1.25. The van der Waals surface area contributed by atoms with E-state index in [1.807, 2.05) is 0 Å². The summed E-state index contributed by atoms with van der Waals surface area (Å²) in [4.78, 5) is 9.00. The predicted molar refractivity (Wildman–Crippen MR) is 36.3 cm³/mol. The van der Waals surface area contributed by atoms with Crippen LogP contribution in [0.3, 0.4) is 0 Å². The number of nitrogens with two attached hydrogens (primary N) is 2. The van der Waals surface area contributed by atoms with Gasteiger partial charge in [-0.1, -0.05) is 0 Å². The van der Waals surface area contributed by atoms with Crippen molar-refractivity contribution in [3.8, 4) is 0 Å². The van der Waals surface area contributed by atoms with Crippen molar-refractivity contribution in [1.82, 2.24) is 0 Å². The van der Waals surface area contributed by atoms with Gasteiger partial charge >= 0.3 is 6.03 Å². The summed E-state index contributed by atoms with van der Waals surface area (Å²) in [6.07, 6.45) is 0. The van der Waals surface area contributed by atoms with Crippen molar-refractivity contribution in [1.29, 1.82) is 0 Å². The van der Waals surface area contributed by atoms with Crippen molar-refractivity contribution in [3.63, 3.8) is 0 Å². The van der Waals surface area contributed by atoms with Gasteiger partial charge in [-0.25, -0.2) is 4.79 Å². The molecular formula is C5H12N2O. The second-order valence-corrected chi connectivity index (χ2v) is 0.402. The van der Waals surface area contributed by atoms with Crippen LogP contribution in [-0.2, 0) is 0 Å².